The summed E-state index contributed by atoms with van der Waals surface area (Å²) < 4.78 is 55.5. The lowest BCUT2D eigenvalue weighted by atomic mass is 9.87. The number of nitrogens with one attached hydrogen (secondary N) is 1. The lowest BCUT2D eigenvalue weighted by Crippen LogP contribution is -2.46. The van der Waals surface area contributed by atoms with E-state index in [1.54, 1.807) is 12.1 Å². The summed E-state index contributed by atoms with van der Waals surface area (Å²) in [6.07, 6.45) is 7.92. The molecular formula is C28H25F2N9O3S. The fraction of sp³-hybridized carbons (Fsp3) is 0.286. The zero-order chi connectivity index (χ0) is 30.0. The van der Waals surface area contributed by atoms with Gasteiger partial charge < -0.3 is 10.6 Å². The number of carbonyl (C=O) groups is 1. The molecule has 1 aromatic carbocycles. The molecule has 4 aromatic heterocycles. The smallest absolute Gasteiger partial charge is 0.291 e. The third-order valence-corrected chi connectivity index (χ3v) is 9.47. The molecule has 2 fully saturated rings. The van der Waals surface area contributed by atoms with E-state index in [2.05, 4.69) is 25.3 Å². The summed E-state index contributed by atoms with van der Waals surface area (Å²) in [7, 11) is -3.81. The van der Waals surface area contributed by atoms with Crippen LogP contribution >= 0.6 is 0 Å². The average molecular weight is 606 g/mol. The van der Waals surface area contributed by atoms with Gasteiger partial charge in [0.2, 0.25) is 5.82 Å². The van der Waals surface area contributed by atoms with Crippen LogP contribution in [0.2, 0.25) is 0 Å². The summed E-state index contributed by atoms with van der Waals surface area (Å²) in [6, 6.07) is 6.87. The second-order valence-corrected chi connectivity index (χ2v) is 12.9. The van der Waals surface area contributed by atoms with Crippen molar-refractivity contribution in [3.63, 3.8) is 0 Å². The van der Waals surface area contributed by atoms with E-state index in [0.717, 1.165) is 25.2 Å². The minimum atomic E-state index is -3.81. The second-order valence-electron chi connectivity index (χ2n) is 10.9. The SMILES string of the molecule is CS(=O)(=O)c1c(C2CC3CCC(C2)N3C(=O)c2ncn[nH]2)nc2c(-c3ccc(-c4cccc(F)c4F)nc3)cnn2c1N. The van der Waals surface area contributed by atoms with Gasteiger partial charge in [-0.05, 0) is 43.9 Å². The third-order valence-electron chi connectivity index (χ3n) is 8.31. The molecule has 43 heavy (non-hydrogen) atoms. The first kappa shape index (κ1) is 27.1. The minimum Gasteiger partial charge on any atom is -0.382 e. The van der Waals surface area contributed by atoms with E-state index in [1.165, 1.54) is 35.4 Å². The number of amides is 1. The number of nitrogens with zero attached hydrogens (tertiary/aromatic N) is 7. The summed E-state index contributed by atoms with van der Waals surface area (Å²) in [5.74, 6) is -2.38. The number of sulfone groups is 1. The number of hydrogen-bond acceptors (Lipinski definition) is 9. The molecule has 6 heterocycles. The summed E-state index contributed by atoms with van der Waals surface area (Å²) in [5, 5.41) is 10.7. The van der Waals surface area contributed by atoms with Gasteiger partial charge in [-0.3, -0.25) is 14.9 Å². The van der Waals surface area contributed by atoms with Gasteiger partial charge in [0.1, 0.15) is 17.0 Å². The number of aromatic amines is 1. The number of fused-ring (bicyclic) bond motifs is 3. The standard InChI is InChI=1S/C28H25F2N9O3S/c1-43(41,42)24-23(15-9-16-6-7-17(10-15)38(16)28(40)26-33-13-34-37-26)36-27-19(12-35-39(27)25(24)31)14-5-8-21(32-11-14)18-3-2-4-20(29)22(18)30/h2-5,8,11-13,15-17H,6-7,9-10,31H2,1H3,(H,33,34,37). The number of benzene rings is 1. The van der Waals surface area contributed by atoms with Gasteiger partial charge in [-0.15, -0.1) is 0 Å². The van der Waals surface area contributed by atoms with E-state index in [9.17, 15) is 22.0 Å². The Balaban J connectivity index is 1.28. The van der Waals surface area contributed by atoms with Crippen molar-refractivity contribution in [2.45, 2.75) is 48.6 Å². The quantitative estimate of drug-likeness (QED) is 0.305. The molecular weight excluding hydrogens is 580 g/mol. The van der Waals surface area contributed by atoms with Gasteiger partial charge >= 0.3 is 0 Å². The van der Waals surface area contributed by atoms with Crippen molar-refractivity contribution in [2.75, 3.05) is 12.0 Å². The number of pyridine rings is 1. The number of H-pyrrole nitrogens is 1. The molecule has 0 saturated carbocycles. The largest absolute Gasteiger partial charge is 0.382 e. The van der Waals surface area contributed by atoms with Gasteiger partial charge in [-0.25, -0.2) is 27.2 Å². The number of hydrogen-bond donors (Lipinski definition) is 2. The maximum atomic E-state index is 14.3. The van der Waals surface area contributed by atoms with Crippen molar-refractivity contribution in [3.8, 4) is 22.4 Å². The van der Waals surface area contributed by atoms with E-state index in [1.807, 2.05) is 4.90 Å². The molecule has 0 radical (unpaired) electrons. The Bertz CT molecular complexity index is 1980. The molecule has 15 heteroatoms. The van der Waals surface area contributed by atoms with Crippen LogP contribution in [0.15, 0.2) is 53.9 Å². The predicted molar refractivity (Wildman–Crippen MR) is 150 cm³/mol. The second kappa shape index (κ2) is 9.90. The van der Waals surface area contributed by atoms with Crippen LogP contribution < -0.4 is 5.73 Å². The Morgan fingerprint density at radius 1 is 1.05 bits per heavy atom. The van der Waals surface area contributed by atoms with Crippen LogP contribution in [-0.4, -0.2) is 72.3 Å². The molecule has 2 bridgehead atoms. The number of nitrogens with two attached hydrogens (primary N) is 1. The Kier molecular flexibility index (Phi) is 6.23. The number of nitrogen functional groups attached to an aromatic ring is 1. The Morgan fingerprint density at radius 3 is 2.47 bits per heavy atom. The zero-order valence-electron chi connectivity index (χ0n) is 22.8. The monoisotopic (exact) mass is 605 g/mol. The van der Waals surface area contributed by atoms with Crippen molar-refractivity contribution in [1.29, 1.82) is 0 Å². The van der Waals surface area contributed by atoms with E-state index in [4.69, 9.17) is 10.7 Å². The maximum Gasteiger partial charge on any atom is 0.291 e. The Labute approximate surface area is 243 Å². The van der Waals surface area contributed by atoms with Gasteiger partial charge in [-0.1, -0.05) is 12.1 Å². The number of anilines is 1. The molecule has 3 N–H and O–H groups in total. The van der Waals surface area contributed by atoms with Crippen LogP contribution in [0, 0.1) is 11.6 Å². The van der Waals surface area contributed by atoms with Crippen molar-refractivity contribution < 1.29 is 22.0 Å². The molecule has 1 amide bonds. The number of halogens is 2. The van der Waals surface area contributed by atoms with Gasteiger partial charge in [0.25, 0.3) is 5.91 Å². The van der Waals surface area contributed by atoms with Crippen LogP contribution in [0.5, 0.6) is 0 Å². The number of carbonyl (C=O) groups excluding carboxylic acids is 1. The third kappa shape index (κ3) is 4.42. The van der Waals surface area contributed by atoms with Gasteiger partial charge in [0, 0.05) is 47.1 Å². The molecule has 12 nitrogen and oxygen atoms in total. The first-order chi connectivity index (χ1) is 20.6. The number of rotatable bonds is 5. The zero-order valence-corrected chi connectivity index (χ0v) is 23.6. The molecule has 2 saturated heterocycles. The number of piperidine rings is 1. The summed E-state index contributed by atoms with van der Waals surface area (Å²) in [4.78, 5) is 28.1. The molecule has 0 spiro atoms. The van der Waals surface area contributed by atoms with Crippen molar-refractivity contribution >= 4 is 27.2 Å². The topological polar surface area (TPSA) is 165 Å². The van der Waals surface area contributed by atoms with E-state index in [0.29, 0.717) is 35.3 Å². The molecule has 7 rings (SSSR count). The average Bonchev–Trinajstić information content (AvgIpc) is 3.72. The van der Waals surface area contributed by atoms with Crippen LogP contribution in [0.1, 0.15) is 47.9 Å². The summed E-state index contributed by atoms with van der Waals surface area (Å²) in [5.41, 5.74) is 8.51. The fourth-order valence-electron chi connectivity index (χ4n) is 6.46. The molecule has 0 aliphatic carbocycles. The highest BCUT2D eigenvalue weighted by molar-refractivity contribution is 7.91. The highest BCUT2D eigenvalue weighted by Crippen LogP contribution is 2.45. The van der Waals surface area contributed by atoms with Crippen molar-refractivity contribution in [3.05, 3.63) is 72.2 Å². The Morgan fingerprint density at radius 2 is 1.81 bits per heavy atom. The van der Waals surface area contributed by atoms with Crippen LogP contribution in [0.3, 0.4) is 0 Å². The summed E-state index contributed by atoms with van der Waals surface area (Å²) in [6.45, 7) is 0. The van der Waals surface area contributed by atoms with Crippen molar-refractivity contribution in [1.82, 2.24) is 39.7 Å². The molecule has 2 aliphatic heterocycles. The highest BCUT2D eigenvalue weighted by Gasteiger charge is 2.46. The van der Waals surface area contributed by atoms with Gasteiger partial charge in [-0.2, -0.15) is 14.7 Å². The van der Waals surface area contributed by atoms with Crippen LogP contribution in [-0.2, 0) is 9.84 Å². The first-order valence-electron chi connectivity index (χ1n) is 13.6. The lowest BCUT2D eigenvalue weighted by molar-refractivity contribution is 0.0556. The number of aromatic nitrogens is 7. The van der Waals surface area contributed by atoms with Gasteiger partial charge in [0.05, 0.1) is 17.6 Å². The normalized spacial score (nSPS) is 20.2. The Hall–Kier alpha value is -4.79. The molecule has 5 aromatic rings. The van der Waals surface area contributed by atoms with E-state index in [-0.39, 0.29) is 51.7 Å². The highest BCUT2D eigenvalue weighted by atomic mass is 32.2. The van der Waals surface area contributed by atoms with Gasteiger partial charge in [0.15, 0.2) is 27.1 Å². The summed E-state index contributed by atoms with van der Waals surface area (Å²) >= 11 is 0. The van der Waals surface area contributed by atoms with Crippen molar-refractivity contribution in [2.24, 2.45) is 0 Å². The van der Waals surface area contributed by atoms with E-state index < -0.39 is 21.5 Å². The van der Waals surface area contributed by atoms with Crippen LogP contribution in [0.4, 0.5) is 14.6 Å². The fourth-order valence-corrected chi connectivity index (χ4v) is 7.51. The predicted octanol–water partition coefficient (Wildman–Crippen LogP) is 3.39. The molecule has 2 unspecified atom stereocenters. The molecule has 2 aliphatic rings. The first-order valence-corrected chi connectivity index (χ1v) is 15.5. The van der Waals surface area contributed by atoms with E-state index >= 15 is 0 Å². The molecule has 2 atom stereocenters. The van der Waals surface area contributed by atoms with Crippen LogP contribution in [0.25, 0.3) is 28.0 Å². The lowest BCUT2D eigenvalue weighted by Gasteiger charge is -2.38. The maximum absolute atomic E-state index is 14.3. The molecule has 220 valence electrons. The minimum absolute atomic E-state index is 0.0247.